The summed E-state index contributed by atoms with van der Waals surface area (Å²) >= 11 is 0. The van der Waals surface area contributed by atoms with E-state index in [1.165, 1.54) is 12.1 Å². The summed E-state index contributed by atoms with van der Waals surface area (Å²) in [6, 6.07) is 12.2. The Hall–Kier alpha value is -2.73. The van der Waals surface area contributed by atoms with E-state index in [9.17, 15) is 19.1 Å². The van der Waals surface area contributed by atoms with Gasteiger partial charge in [0.05, 0.1) is 6.42 Å². The van der Waals surface area contributed by atoms with Crippen LogP contribution in [-0.2, 0) is 28.9 Å². The number of nitrogens with zero attached hydrogens (tertiary/aromatic N) is 2. The number of piperidine rings is 1. The van der Waals surface area contributed by atoms with Gasteiger partial charge in [0.1, 0.15) is 5.82 Å². The molecule has 1 amide bonds. The van der Waals surface area contributed by atoms with E-state index in [0.29, 0.717) is 12.0 Å². The largest absolute Gasteiger partial charge is 0.550 e. The van der Waals surface area contributed by atoms with Gasteiger partial charge in [0.25, 0.3) is 0 Å². The lowest BCUT2D eigenvalue weighted by Crippen LogP contribution is -2.46. The number of rotatable bonds is 6. The van der Waals surface area contributed by atoms with Crippen LogP contribution in [0.25, 0.3) is 0 Å². The van der Waals surface area contributed by atoms with Gasteiger partial charge in [-0.1, -0.05) is 24.3 Å². The van der Waals surface area contributed by atoms with Crippen molar-refractivity contribution in [3.8, 4) is 0 Å². The first kappa shape index (κ1) is 19.6. The molecule has 2 aliphatic rings. The number of halogens is 1. The molecule has 0 atom stereocenters. The normalized spacial score (nSPS) is 17.6. The second-order valence-electron chi connectivity index (χ2n) is 7.90. The Balaban J connectivity index is 1.37. The SMILES string of the molecule is O=C([O-])Cc1ccc2c(c1)N(C1CCN(CCc3ccc(F)cc3)CC1)C(=O)C2. The minimum absolute atomic E-state index is 0.0929. The van der Waals surface area contributed by atoms with Crippen molar-refractivity contribution in [3.05, 3.63) is 65.0 Å². The van der Waals surface area contributed by atoms with Gasteiger partial charge in [0.2, 0.25) is 5.91 Å². The van der Waals surface area contributed by atoms with Gasteiger partial charge in [-0.25, -0.2) is 4.39 Å². The number of hydrogen-bond donors (Lipinski definition) is 0. The molecule has 2 aromatic carbocycles. The molecular formula is C23H24FN2O3-. The number of aliphatic carboxylic acids is 1. The molecule has 2 heterocycles. The number of anilines is 1. The second-order valence-corrected chi connectivity index (χ2v) is 7.90. The van der Waals surface area contributed by atoms with Gasteiger partial charge >= 0.3 is 0 Å². The fourth-order valence-electron chi connectivity index (χ4n) is 4.38. The van der Waals surface area contributed by atoms with Crippen LogP contribution in [-0.4, -0.2) is 42.5 Å². The number of carbonyl (C=O) groups excluding carboxylic acids is 2. The zero-order chi connectivity index (χ0) is 20.4. The Morgan fingerprint density at radius 3 is 2.45 bits per heavy atom. The third-order valence-electron chi connectivity index (χ3n) is 5.92. The molecular weight excluding hydrogens is 371 g/mol. The first-order valence-electron chi connectivity index (χ1n) is 10.1. The Labute approximate surface area is 169 Å². The molecule has 5 nitrogen and oxygen atoms in total. The van der Waals surface area contributed by atoms with Crippen LogP contribution in [0.1, 0.15) is 29.5 Å². The zero-order valence-corrected chi connectivity index (χ0v) is 16.3. The maximum Gasteiger partial charge on any atom is 0.231 e. The molecule has 152 valence electrons. The summed E-state index contributed by atoms with van der Waals surface area (Å²) in [5, 5.41) is 10.9. The zero-order valence-electron chi connectivity index (χ0n) is 16.3. The van der Waals surface area contributed by atoms with Crippen LogP contribution in [0.2, 0.25) is 0 Å². The predicted octanol–water partition coefficient (Wildman–Crippen LogP) is 1.71. The van der Waals surface area contributed by atoms with Crippen molar-refractivity contribution in [2.75, 3.05) is 24.5 Å². The van der Waals surface area contributed by atoms with Gasteiger partial charge in [-0.15, -0.1) is 0 Å². The summed E-state index contributed by atoms with van der Waals surface area (Å²) in [6.45, 7) is 2.73. The van der Waals surface area contributed by atoms with E-state index in [-0.39, 0.29) is 24.2 Å². The number of carboxylic acids is 1. The van der Waals surface area contributed by atoms with E-state index >= 15 is 0 Å². The molecule has 0 N–H and O–H groups in total. The van der Waals surface area contributed by atoms with Crippen molar-refractivity contribution in [1.82, 2.24) is 4.90 Å². The van der Waals surface area contributed by atoms with E-state index in [1.54, 1.807) is 6.07 Å². The third-order valence-corrected chi connectivity index (χ3v) is 5.92. The van der Waals surface area contributed by atoms with Gasteiger partial charge in [-0.3, -0.25) is 4.79 Å². The summed E-state index contributed by atoms with van der Waals surface area (Å²) in [5.41, 5.74) is 3.62. The molecule has 0 aliphatic carbocycles. The molecule has 1 fully saturated rings. The van der Waals surface area contributed by atoms with Crippen LogP contribution >= 0.6 is 0 Å². The predicted molar refractivity (Wildman–Crippen MR) is 106 cm³/mol. The van der Waals surface area contributed by atoms with Gasteiger partial charge in [0, 0.05) is 43.8 Å². The topological polar surface area (TPSA) is 63.7 Å². The van der Waals surface area contributed by atoms with Crippen LogP contribution < -0.4 is 10.0 Å². The minimum atomic E-state index is -1.12. The summed E-state index contributed by atoms with van der Waals surface area (Å²) in [7, 11) is 0. The number of carboxylic acid groups (broad SMARTS) is 1. The third kappa shape index (κ3) is 4.48. The van der Waals surface area contributed by atoms with E-state index in [0.717, 1.165) is 55.7 Å². The van der Waals surface area contributed by atoms with Gasteiger partial charge in [-0.05, 0) is 54.2 Å². The minimum Gasteiger partial charge on any atom is -0.550 e. The van der Waals surface area contributed by atoms with Gasteiger partial charge in [0.15, 0.2) is 0 Å². The number of hydrogen-bond acceptors (Lipinski definition) is 4. The molecule has 1 saturated heterocycles. The van der Waals surface area contributed by atoms with Crippen LogP contribution in [0.3, 0.4) is 0 Å². The second kappa shape index (κ2) is 8.33. The van der Waals surface area contributed by atoms with Crippen LogP contribution in [0.15, 0.2) is 42.5 Å². The van der Waals surface area contributed by atoms with E-state index in [2.05, 4.69) is 4.90 Å². The van der Waals surface area contributed by atoms with Crippen molar-refractivity contribution in [2.45, 2.75) is 38.1 Å². The monoisotopic (exact) mass is 395 g/mol. The quantitative estimate of drug-likeness (QED) is 0.747. The molecule has 2 aliphatic heterocycles. The highest BCUT2D eigenvalue weighted by Gasteiger charge is 2.34. The summed E-state index contributed by atoms with van der Waals surface area (Å²) in [5.74, 6) is -1.24. The van der Waals surface area contributed by atoms with Crippen molar-refractivity contribution in [1.29, 1.82) is 0 Å². The molecule has 4 rings (SSSR count). The number of carbonyl (C=O) groups is 2. The molecule has 0 aromatic heterocycles. The molecule has 0 spiro atoms. The Morgan fingerprint density at radius 1 is 1.07 bits per heavy atom. The van der Waals surface area contributed by atoms with Crippen molar-refractivity contribution >= 4 is 17.6 Å². The molecule has 6 heteroatoms. The molecule has 29 heavy (non-hydrogen) atoms. The average Bonchev–Trinajstić information content (AvgIpc) is 3.02. The van der Waals surface area contributed by atoms with E-state index in [1.807, 2.05) is 29.2 Å². The molecule has 0 unspecified atom stereocenters. The fourth-order valence-corrected chi connectivity index (χ4v) is 4.38. The van der Waals surface area contributed by atoms with Gasteiger partial charge < -0.3 is 19.7 Å². The fraction of sp³-hybridized carbons (Fsp3) is 0.391. The first-order chi connectivity index (χ1) is 14.0. The summed E-state index contributed by atoms with van der Waals surface area (Å²) < 4.78 is 13.0. The standard InChI is InChI=1S/C23H25FN2O3/c24-19-5-2-16(3-6-19)7-10-25-11-8-20(9-12-25)26-21-13-17(14-23(28)29)1-4-18(21)15-22(26)27/h1-6,13,20H,7-12,14-15H2,(H,28,29)/p-1. The van der Waals surface area contributed by atoms with Crippen LogP contribution in [0.5, 0.6) is 0 Å². The highest BCUT2D eigenvalue weighted by molar-refractivity contribution is 6.02. The number of benzene rings is 2. The Morgan fingerprint density at radius 2 is 1.76 bits per heavy atom. The van der Waals surface area contributed by atoms with Crippen molar-refractivity contribution < 1.29 is 19.1 Å². The average molecular weight is 395 g/mol. The van der Waals surface area contributed by atoms with Crippen molar-refractivity contribution in [3.63, 3.8) is 0 Å². The highest BCUT2D eigenvalue weighted by atomic mass is 19.1. The van der Waals surface area contributed by atoms with Crippen molar-refractivity contribution in [2.24, 2.45) is 0 Å². The van der Waals surface area contributed by atoms with E-state index in [4.69, 9.17) is 0 Å². The highest BCUT2D eigenvalue weighted by Crippen LogP contribution is 2.34. The summed E-state index contributed by atoms with van der Waals surface area (Å²) in [4.78, 5) is 27.8. The lowest BCUT2D eigenvalue weighted by atomic mass is 10.0. The molecule has 0 saturated carbocycles. The van der Waals surface area contributed by atoms with Crippen LogP contribution in [0, 0.1) is 5.82 Å². The van der Waals surface area contributed by atoms with Crippen LogP contribution in [0.4, 0.5) is 10.1 Å². The molecule has 0 radical (unpaired) electrons. The van der Waals surface area contributed by atoms with Gasteiger partial charge in [-0.2, -0.15) is 0 Å². The smallest absolute Gasteiger partial charge is 0.231 e. The summed E-state index contributed by atoms with van der Waals surface area (Å²) in [6.07, 6.45) is 2.89. The first-order valence-corrected chi connectivity index (χ1v) is 10.1. The lowest BCUT2D eigenvalue weighted by Gasteiger charge is -2.37. The maximum atomic E-state index is 13.0. The lowest BCUT2D eigenvalue weighted by molar-refractivity contribution is -0.304. The molecule has 2 aromatic rings. The number of amides is 1. The van der Waals surface area contributed by atoms with E-state index < -0.39 is 5.97 Å². The Kier molecular flexibility index (Phi) is 5.62. The maximum absolute atomic E-state index is 13.0. The number of likely N-dealkylation sites (tertiary alicyclic amines) is 1. The number of fused-ring (bicyclic) bond motifs is 1. The molecule has 0 bridgehead atoms. The Bertz CT molecular complexity index is 905.